The van der Waals surface area contributed by atoms with Crippen LogP contribution in [0, 0.1) is 5.92 Å². The van der Waals surface area contributed by atoms with E-state index >= 15 is 0 Å². The normalized spacial score (nSPS) is 12.5. The SMILES string of the molecule is CCC(CC)C(Cl)CNc1nccc(OC)n1. The summed E-state index contributed by atoms with van der Waals surface area (Å²) >= 11 is 6.32. The molecule has 0 aliphatic carbocycles. The summed E-state index contributed by atoms with van der Waals surface area (Å²) in [7, 11) is 1.58. The van der Waals surface area contributed by atoms with E-state index in [-0.39, 0.29) is 5.38 Å². The zero-order valence-electron chi connectivity index (χ0n) is 10.6. The van der Waals surface area contributed by atoms with Crippen LogP contribution in [-0.4, -0.2) is 29.0 Å². The van der Waals surface area contributed by atoms with Crippen molar-refractivity contribution >= 4 is 17.5 Å². The standard InChI is InChI=1S/C12H20ClN3O/c1-4-9(5-2)10(13)8-15-12-14-7-6-11(16-12)17-3/h6-7,9-10H,4-5,8H2,1-3H3,(H,14,15,16). The highest BCUT2D eigenvalue weighted by Crippen LogP contribution is 2.18. The van der Waals surface area contributed by atoms with Gasteiger partial charge in [0, 0.05) is 18.8 Å². The summed E-state index contributed by atoms with van der Waals surface area (Å²) in [6, 6.07) is 1.71. The monoisotopic (exact) mass is 257 g/mol. The minimum absolute atomic E-state index is 0.0970. The van der Waals surface area contributed by atoms with E-state index in [1.54, 1.807) is 19.4 Å². The van der Waals surface area contributed by atoms with Crippen molar-refractivity contribution in [1.82, 2.24) is 9.97 Å². The Hall–Kier alpha value is -1.03. The van der Waals surface area contributed by atoms with Gasteiger partial charge < -0.3 is 10.1 Å². The lowest BCUT2D eigenvalue weighted by Gasteiger charge is -2.19. The van der Waals surface area contributed by atoms with Gasteiger partial charge in [-0.3, -0.25) is 0 Å². The first-order chi connectivity index (χ1) is 8.21. The van der Waals surface area contributed by atoms with Crippen LogP contribution in [-0.2, 0) is 0 Å². The van der Waals surface area contributed by atoms with Crippen LogP contribution in [0.3, 0.4) is 0 Å². The predicted octanol–water partition coefficient (Wildman–Crippen LogP) is 2.94. The Kier molecular flexibility index (Phi) is 6.05. The maximum Gasteiger partial charge on any atom is 0.225 e. The summed E-state index contributed by atoms with van der Waals surface area (Å²) in [5.74, 6) is 1.63. The maximum absolute atomic E-state index is 6.32. The number of methoxy groups -OCH3 is 1. The summed E-state index contributed by atoms with van der Waals surface area (Å²) in [5.41, 5.74) is 0. The molecule has 0 amide bonds. The molecule has 0 aliphatic heterocycles. The van der Waals surface area contributed by atoms with E-state index in [0.29, 0.717) is 24.3 Å². The summed E-state index contributed by atoms with van der Waals surface area (Å²) in [6.45, 7) is 4.98. The number of hydrogen-bond donors (Lipinski definition) is 1. The molecule has 0 fully saturated rings. The van der Waals surface area contributed by atoms with Crippen LogP contribution in [0.25, 0.3) is 0 Å². The fraction of sp³-hybridized carbons (Fsp3) is 0.667. The third-order valence-corrected chi connectivity index (χ3v) is 3.37. The van der Waals surface area contributed by atoms with Crippen LogP contribution in [0.15, 0.2) is 12.3 Å². The van der Waals surface area contributed by atoms with Crippen LogP contribution in [0.4, 0.5) is 5.95 Å². The molecule has 1 heterocycles. The average Bonchev–Trinajstić information content (AvgIpc) is 2.38. The Labute approximate surface area is 108 Å². The zero-order valence-corrected chi connectivity index (χ0v) is 11.4. The van der Waals surface area contributed by atoms with Crippen LogP contribution >= 0.6 is 11.6 Å². The molecule has 1 N–H and O–H groups in total. The van der Waals surface area contributed by atoms with Crippen LogP contribution < -0.4 is 10.1 Å². The molecule has 1 aromatic heterocycles. The minimum Gasteiger partial charge on any atom is -0.481 e. The van der Waals surface area contributed by atoms with Crippen molar-refractivity contribution in [2.24, 2.45) is 5.92 Å². The topological polar surface area (TPSA) is 47.0 Å². The number of nitrogens with zero attached hydrogens (tertiary/aromatic N) is 2. The number of halogens is 1. The Morgan fingerprint density at radius 2 is 2.12 bits per heavy atom. The van der Waals surface area contributed by atoms with Crippen molar-refractivity contribution in [1.29, 1.82) is 0 Å². The van der Waals surface area contributed by atoms with Crippen molar-refractivity contribution in [3.8, 4) is 5.88 Å². The molecule has 0 aliphatic rings. The van der Waals surface area contributed by atoms with E-state index in [9.17, 15) is 0 Å². The van der Waals surface area contributed by atoms with E-state index in [2.05, 4.69) is 29.1 Å². The molecular weight excluding hydrogens is 238 g/mol. The molecule has 96 valence electrons. The second-order valence-electron chi connectivity index (χ2n) is 3.90. The smallest absolute Gasteiger partial charge is 0.225 e. The molecular formula is C12H20ClN3O. The molecule has 1 atom stereocenters. The minimum atomic E-state index is 0.0970. The first-order valence-corrected chi connectivity index (χ1v) is 6.39. The van der Waals surface area contributed by atoms with Crippen LogP contribution in [0.1, 0.15) is 26.7 Å². The molecule has 0 radical (unpaired) electrons. The Bertz CT molecular complexity index is 331. The van der Waals surface area contributed by atoms with Gasteiger partial charge in [0.1, 0.15) is 0 Å². The molecule has 0 aromatic carbocycles. The number of alkyl halides is 1. The fourth-order valence-corrected chi connectivity index (χ4v) is 2.13. The number of nitrogens with one attached hydrogen (secondary N) is 1. The summed E-state index contributed by atoms with van der Waals surface area (Å²) in [6.07, 6.45) is 3.84. The summed E-state index contributed by atoms with van der Waals surface area (Å²) in [4.78, 5) is 8.28. The molecule has 4 nitrogen and oxygen atoms in total. The third kappa shape index (κ3) is 4.38. The molecule has 0 spiro atoms. The lowest BCUT2D eigenvalue weighted by atomic mass is 9.99. The van der Waals surface area contributed by atoms with Gasteiger partial charge in [-0.15, -0.1) is 11.6 Å². The van der Waals surface area contributed by atoms with Gasteiger partial charge >= 0.3 is 0 Å². The van der Waals surface area contributed by atoms with Gasteiger partial charge in [0.25, 0.3) is 0 Å². The van der Waals surface area contributed by atoms with Gasteiger partial charge in [0.15, 0.2) is 0 Å². The van der Waals surface area contributed by atoms with Gasteiger partial charge in [0.2, 0.25) is 11.8 Å². The van der Waals surface area contributed by atoms with E-state index in [1.165, 1.54) is 0 Å². The van der Waals surface area contributed by atoms with E-state index in [0.717, 1.165) is 12.8 Å². The molecule has 1 rings (SSSR count). The van der Waals surface area contributed by atoms with Crippen molar-refractivity contribution in [3.05, 3.63) is 12.3 Å². The van der Waals surface area contributed by atoms with Gasteiger partial charge in [-0.05, 0) is 5.92 Å². The highest BCUT2D eigenvalue weighted by molar-refractivity contribution is 6.21. The second kappa shape index (κ2) is 7.33. The Balaban J connectivity index is 2.49. The summed E-state index contributed by atoms with van der Waals surface area (Å²) in [5, 5.41) is 3.23. The number of anilines is 1. The lowest BCUT2D eigenvalue weighted by molar-refractivity contribution is 0.397. The van der Waals surface area contributed by atoms with Crippen molar-refractivity contribution in [2.45, 2.75) is 32.1 Å². The highest BCUT2D eigenvalue weighted by atomic mass is 35.5. The van der Waals surface area contributed by atoms with Crippen molar-refractivity contribution < 1.29 is 4.74 Å². The zero-order chi connectivity index (χ0) is 12.7. The van der Waals surface area contributed by atoms with Gasteiger partial charge in [-0.25, -0.2) is 4.98 Å². The number of hydrogen-bond acceptors (Lipinski definition) is 4. The predicted molar refractivity (Wildman–Crippen MR) is 70.8 cm³/mol. The van der Waals surface area contributed by atoms with Crippen LogP contribution in [0.2, 0.25) is 0 Å². The maximum atomic E-state index is 6.32. The number of aromatic nitrogens is 2. The average molecular weight is 258 g/mol. The lowest BCUT2D eigenvalue weighted by Crippen LogP contribution is -2.23. The Morgan fingerprint density at radius 3 is 2.71 bits per heavy atom. The quantitative estimate of drug-likeness (QED) is 0.763. The highest BCUT2D eigenvalue weighted by Gasteiger charge is 2.15. The first kappa shape index (κ1) is 14.0. The van der Waals surface area contributed by atoms with Crippen molar-refractivity contribution in [3.63, 3.8) is 0 Å². The molecule has 5 heteroatoms. The number of rotatable bonds is 7. The number of ether oxygens (including phenoxy) is 1. The fourth-order valence-electron chi connectivity index (χ4n) is 1.70. The molecule has 1 aromatic rings. The van der Waals surface area contributed by atoms with Crippen LogP contribution in [0.5, 0.6) is 5.88 Å². The van der Waals surface area contributed by atoms with Gasteiger partial charge in [-0.1, -0.05) is 26.7 Å². The summed E-state index contributed by atoms with van der Waals surface area (Å²) < 4.78 is 5.03. The Morgan fingerprint density at radius 1 is 1.41 bits per heavy atom. The molecule has 0 bridgehead atoms. The molecule has 1 unspecified atom stereocenters. The second-order valence-corrected chi connectivity index (χ2v) is 4.46. The van der Waals surface area contributed by atoms with E-state index < -0.39 is 0 Å². The van der Waals surface area contributed by atoms with E-state index in [4.69, 9.17) is 16.3 Å². The molecule has 17 heavy (non-hydrogen) atoms. The van der Waals surface area contributed by atoms with Gasteiger partial charge in [-0.2, -0.15) is 4.98 Å². The van der Waals surface area contributed by atoms with Gasteiger partial charge in [0.05, 0.1) is 12.5 Å². The molecule has 0 saturated carbocycles. The van der Waals surface area contributed by atoms with E-state index in [1.807, 2.05) is 0 Å². The largest absolute Gasteiger partial charge is 0.481 e. The van der Waals surface area contributed by atoms with Crippen molar-refractivity contribution in [2.75, 3.05) is 19.0 Å². The first-order valence-electron chi connectivity index (χ1n) is 5.96. The molecule has 0 saturated heterocycles. The third-order valence-electron chi connectivity index (χ3n) is 2.85.